The molecule has 7 heteroatoms. The minimum Gasteiger partial charge on any atom is -0.493 e. The number of hydrogen-bond donors (Lipinski definition) is 1. The third kappa shape index (κ3) is 5.61. The normalized spacial score (nSPS) is 14.3. The van der Waals surface area contributed by atoms with E-state index in [1.54, 1.807) is 28.4 Å². The summed E-state index contributed by atoms with van der Waals surface area (Å²) in [4.78, 5) is 14.8. The van der Waals surface area contributed by atoms with Crippen molar-refractivity contribution in [3.8, 4) is 17.2 Å². The Hall–Kier alpha value is -2.93. The van der Waals surface area contributed by atoms with Crippen molar-refractivity contribution >= 4 is 17.3 Å². The Morgan fingerprint density at radius 1 is 0.935 bits per heavy atom. The first-order chi connectivity index (χ1) is 15.1. The quantitative estimate of drug-likeness (QED) is 0.653. The van der Waals surface area contributed by atoms with E-state index in [-0.39, 0.29) is 5.91 Å². The van der Waals surface area contributed by atoms with Crippen LogP contribution >= 0.6 is 0 Å². The van der Waals surface area contributed by atoms with Gasteiger partial charge in [-0.2, -0.15) is 0 Å². The third-order valence-corrected chi connectivity index (χ3v) is 5.70. The second kappa shape index (κ2) is 10.9. The number of nitrogens with one attached hydrogen (secondary N) is 1. The molecule has 0 saturated carbocycles. The molecular weight excluding hydrogens is 396 g/mol. The van der Waals surface area contributed by atoms with Gasteiger partial charge in [-0.05, 0) is 55.2 Å². The molecular formula is C24H32N2O5. The number of methoxy groups -OCH3 is 4. The Morgan fingerprint density at radius 2 is 1.61 bits per heavy atom. The highest BCUT2D eigenvalue weighted by molar-refractivity contribution is 5.91. The number of hydrogen-bond acceptors (Lipinski definition) is 6. The first-order valence-corrected chi connectivity index (χ1v) is 10.5. The van der Waals surface area contributed by atoms with Gasteiger partial charge in [0.15, 0.2) is 11.5 Å². The molecule has 2 aromatic carbocycles. The number of rotatable bonds is 9. The molecule has 0 bridgehead atoms. The Morgan fingerprint density at radius 3 is 2.19 bits per heavy atom. The number of benzene rings is 2. The monoisotopic (exact) mass is 428 g/mol. The molecule has 1 saturated heterocycles. The Balaban J connectivity index is 1.56. The molecule has 168 valence electrons. The van der Waals surface area contributed by atoms with Crippen molar-refractivity contribution in [3.63, 3.8) is 0 Å². The Kier molecular flexibility index (Phi) is 8.00. The molecule has 1 amide bonds. The van der Waals surface area contributed by atoms with Crippen LogP contribution in [0.25, 0.3) is 0 Å². The molecule has 3 rings (SSSR count). The number of ether oxygens (including phenoxy) is 4. The standard InChI is InChI=1S/C24H32N2O5/c1-28-20-13-15-26(16-14-20)19-9-7-18(8-10-19)25-22(27)12-6-17-5-11-21(29-2)24(31-4)23(17)30-3/h5,7-11,20H,6,12-16H2,1-4H3,(H,25,27). The van der Waals surface area contributed by atoms with Crippen molar-refractivity contribution in [2.24, 2.45) is 0 Å². The molecule has 31 heavy (non-hydrogen) atoms. The van der Waals surface area contributed by atoms with Crippen molar-refractivity contribution in [1.29, 1.82) is 0 Å². The van der Waals surface area contributed by atoms with Crippen LogP contribution in [0.1, 0.15) is 24.8 Å². The van der Waals surface area contributed by atoms with Gasteiger partial charge in [0.1, 0.15) is 0 Å². The molecule has 1 aliphatic heterocycles. The maximum absolute atomic E-state index is 12.5. The molecule has 7 nitrogen and oxygen atoms in total. The molecule has 2 aromatic rings. The van der Waals surface area contributed by atoms with Gasteiger partial charge >= 0.3 is 0 Å². The zero-order chi connectivity index (χ0) is 22.2. The number of carbonyl (C=O) groups excluding carboxylic acids is 1. The van der Waals surface area contributed by atoms with Gasteiger partial charge in [0, 0.05) is 38.0 Å². The molecule has 0 radical (unpaired) electrons. The molecule has 1 fully saturated rings. The molecule has 0 aromatic heterocycles. The van der Waals surface area contributed by atoms with E-state index in [1.165, 1.54) is 5.69 Å². The number of nitrogens with zero attached hydrogens (tertiary/aromatic N) is 1. The predicted octanol–water partition coefficient (Wildman–Crippen LogP) is 3.90. The SMILES string of the molecule is COc1ccc(CCC(=O)Nc2ccc(N3CCC(OC)CC3)cc2)c(OC)c1OC. The number of piperidine rings is 1. The summed E-state index contributed by atoms with van der Waals surface area (Å²) in [6.45, 7) is 1.97. The largest absolute Gasteiger partial charge is 0.493 e. The van der Waals surface area contributed by atoms with Crippen LogP contribution in [0.5, 0.6) is 17.2 Å². The molecule has 0 unspecified atom stereocenters. The fourth-order valence-corrected chi connectivity index (χ4v) is 3.94. The Bertz CT molecular complexity index is 861. The number of anilines is 2. The van der Waals surface area contributed by atoms with Crippen LogP contribution in [-0.2, 0) is 16.0 Å². The summed E-state index contributed by atoms with van der Waals surface area (Å²) in [6, 6.07) is 11.7. The van der Waals surface area contributed by atoms with Gasteiger partial charge in [0.2, 0.25) is 11.7 Å². The number of carbonyl (C=O) groups is 1. The van der Waals surface area contributed by atoms with E-state index < -0.39 is 0 Å². The summed E-state index contributed by atoms with van der Waals surface area (Å²) in [5.74, 6) is 1.67. The van der Waals surface area contributed by atoms with Crippen LogP contribution in [0.4, 0.5) is 11.4 Å². The highest BCUT2D eigenvalue weighted by atomic mass is 16.5. The van der Waals surface area contributed by atoms with E-state index in [2.05, 4.69) is 22.3 Å². The summed E-state index contributed by atoms with van der Waals surface area (Å²) in [6.07, 6.45) is 3.29. The van der Waals surface area contributed by atoms with E-state index >= 15 is 0 Å². The average molecular weight is 429 g/mol. The lowest BCUT2D eigenvalue weighted by Gasteiger charge is -2.33. The maximum Gasteiger partial charge on any atom is 0.224 e. The molecule has 1 N–H and O–H groups in total. The lowest BCUT2D eigenvalue weighted by molar-refractivity contribution is -0.116. The summed E-state index contributed by atoms with van der Waals surface area (Å²) < 4.78 is 21.7. The van der Waals surface area contributed by atoms with Gasteiger partial charge in [-0.15, -0.1) is 0 Å². The average Bonchev–Trinajstić information content (AvgIpc) is 2.82. The summed E-state index contributed by atoms with van der Waals surface area (Å²) >= 11 is 0. The zero-order valence-corrected chi connectivity index (χ0v) is 18.8. The van der Waals surface area contributed by atoms with Crippen LogP contribution < -0.4 is 24.4 Å². The van der Waals surface area contributed by atoms with Crippen LogP contribution in [0, 0.1) is 0 Å². The van der Waals surface area contributed by atoms with Gasteiger partial charge in [0.05, 0.1) is 27.4 Å². The molecule has 0 aliphatic carbocycles. The summed E-state index contributed by atoms with van der Waals surface area (Å²) in [5, 5.41) is 2.97. The summed E-state index contributed by atoms with van der Waals surface area (Å²) in [7, 11) is 6.51. The van der Waals surface area contributed by atoms with Crippen molar-refractivity contribution in [1.82, 2.24) is 0 Å². The van der Waals surface area contributed by atoms with Crippen molar-refractivity contribution in [2.75, 3.05) is 51.7 Å². The van der Waals surface area contributed by atoms with Crippen LogP contribution in [0.15, 0.2) is 36.4 Å². The second-order valence-electron chi connectivity index (χ2n) is 7.51. The van der Waals surface area contributed by atoms with Crippen LogP contribution in [0.2, 0.25) is 0 Å². The van der Waals surface area contributed by atoms with Crippen LogP contribution in [0.3, 0.4) is 0 Å². The van der Waals surface area contributed by atoms with E-state index in [4.69, 9.17) is 18.9 Å². The maximum atomic E-state index is 12.5. The molecule has 1 heterocycles. The van der Waals surface area contributed by atoms with E-state index in [9.17, 15) is 4.79 Å². The van der Waals surface area contributed by atoms with Crippen molar-refractivity contribution in [3.05, 3.63) is 42.0 Å². The smallest absolute Gasteiger partial charge is 0.224 e. The van der Waals surface area contributed by atoms with E-state index in [1.807, 2.05) is 24.3 Å². The predicted molar refractivity (Wildman–Crippen MR) is 122 cm³/mol. The van der Waals surface area contributed by atoms with Crippen molar-refractivity contribution in [2.45, 2.75) is 31.8 Å². The summed E-state index contributed by atoms with van der Waals surface area (Å²) in [5.41, 5.74) is 2.85. The minimum atomic E-state index is -0.0505. The molecule has 0 spiro atoms. The fourth-order valence-electron chi connectivity index (χ4n) is 3.94. The Labute approximate surface area is 184 Å². The second-order valence-corrected chi connectivity index (χ2v) is 7.51. The highest BCUT2D eigenvalue weighted by Crippen LogP contribution is 2.40. The number of amides is 1. The first kappa shape index (κ1) is 22.7. The van der Waals surface area contributed by atoms with Gasteiger partial charge in [-0.1, -0.05) is 6.07 Å². The fraction of sp³-hybridized carbons (Fsp3) is 0.458. The van der Waals surface area contributed by atoms with Gasteiger partial charge in [-0.25, -0.2) is 0 Å². The third-order valence-electron chi connectivity index (χ3n) is 5.70. The van der Waals surface area contributed by atoms with Crippen LogP contribution in [-0.4, -0.2) is 53.5 Å². The van der Waals surface area contributed by atoms with Gasteiger partial charge in [0.25, 0.3) is 0 Å². The van der Waals surface area contributed by atoms with E-state index in [0.717, 1.165) is 37.2 Å². The van der Waals surface area contributed by atoms with Crippen molar-refractivity contribution < 1.29 is 23.7 Å². The highest BCUT2D eigenvalue weighted by Gasteiger charge is 2.19. The lowest BCUT2D eigenvalue weighted by Crippen LogP contribution is -2.36. The van der Waals surface area contributed by atoms with Gasteiger partial charge in [-0.3, -0.25) is 4.79 Å². The minimum absolute atomic E-state index is 0.0505. The number of aryl methyl sites for hydroxylation is 1. The first-order valence-electron chi connectivity index (χ1n) is 10.5. The topological polar surface area (TPSA) is 69.3 Å². The van der Waals surface area contributed by atoms with E-state index in [0.29, 0.717) is 36.2 Å². The lowest BCUT2D eigenvalue weighted by atomic mass is 10.1. The van der Waals surface area contributed by atoms with Gasteiger partial charge < -0.3 is 29.2 Å². The molecule has 1 aliphatic rings. The molecule has 0 atom stereocenters. The zero-order valence-electron chi connectivity index (χ0n) is 18.8.